The molecule has 0 unspecified atom stereocenters. The van der Waals surface area contributed by atoms with Crippen molar-refractivity contribution in [3.05, 3.63) is 70.7 Å². The van der Waals surface area contributed by atoms with Crippen LogP contribution >= 0.6 is 11.6 Å². The lowest BCUT2D eigenvalue weighted by Crippen LogP contribution is -2.44. The second-order valence-corrected chi connectivity index (χ2v) is 8.25. The van der Waals surface area contributed by atoms with Gasteiger partial charge >= 0.3 is 6.09 Å². The van der Waals surface area contributed by atoms with Gasteiger partial charge in [0, 0.05) is 30.6 Å². The van der Waals surface area contributed by atoms with E-state index < -0.39 is 0 Å². The first-order valence-corrected chi connectivity index (χ1v) is 10.9. The van der Waals surface area contributed by atoms with E-state index in [1.807, 2.05) is 54.6 Å². The van der Waals surface area contributed by atoms with Gasteiger partial charge < -0.3 is 9.64 Å². The predicted molar refractivity (Wildman–Crippen MR) is 119 cm³/mol. The molecule has 2 aromatic carbocycles. The molecular weight excluding hydrogens is 416 g/mol. The molecule has 0 atom stereocenters. The minimum absolute atomic E-state index is 0.0100. The fourth-order valence-electron chi connectivity index (χ4n) is 3.91. The Morgan fingerprint density at radius 2 is 1.61 bits per heavy atom. The summed E-state index contributed by atoms with van der Waals surface area (Å²) in [6, 6.07) is 17.1. The fraction of sp³-hybridized carbons (Fsp3) is 0.417. The number of amides is 2. The maximum absolute atomic E-state index is 13.0. The molecule has 7 heteroatoms. The van der Waals surface area contributed by atoms with Crippen molar-refractivity contribution < 1.29 is 19.2 Å². The van der Waals surface area contributed by atoms with E-state index in [2.05, 4.69) is 0 Å². The molecule has 0 N–H and O–H groups in total. The van der Waals surface area contributed by atoms with Gasteiger partial charge in [-0.1, -0.05) is 54.1 Å². The van der Waals surface area contributed by atoms with E-state index in [1.165, 1.54) is 12.2 Å². The van der Waals surface area contributed by atoms with Crippen LogP contribution in [-0.4, -0.2) is 42.2 Å². The first-order chi connectivity index (χ1) is 15.0. The highest BCUT2D eigenvalue weighted by Gasteiger charge is 2.33. The van der Waals surface area contributed by atoms with Crippen molar-refractivity contribution in [2.45, 2.75) is 44.9 Å². The molecule has 1 aliphatic rings. The normalized spacial score (nSPS) is 18.3. The number of carbonyl (C=O) groups is 2. The molecule has 1 saturated carbocycles. The van der Waals surface area contributed by atoms with Crippen molar-refractivity contribution in [3.63, 3.8) is 0 Å². The molecule has 0 radical (unpaired) electrons. The van der Waals surface area contributed by atoms with Crippen LogP contribution in [0.2, 0.25) is 5.02 Å². The lowest BCUT2D eigenvalue weighted by molar-refractivity contribution is -0.174. The van der Waals surface area contributed by atoms with Gasteiger partial charge in [0.25, 0.3) is 0 Å². The number of hydrogen-bond donors (Lipinski definition) is 0. The molecule has 6 nitrogen and oxygen atoms in total. The Hall–Kier alpha value is -2.57. The second-order valence-electron chi connectivity index (χ2n) is 7.82. The summed E-state index contributed by atoms with van der Waals surface area (Å²) in [6.07, 6.45) is 2.55. The third-order valence-electron chi connectivity index (χ3n) is 5.78. The van der Waals surface area contributed by atoms with E-state index in [1.54, 1.807) is 11.9 Å². The van der Waals surface area contributed by atoms with Crippen molar-refractivity contribution in [1.29, 1.82) is 0 Å². The molecule has 31 heavy (non-hydrogen) atoms. The van der Waals surface area contributed by atoms with Crippen LogP contribution in [0.25, 0.3) is 0 Å². The lowest BCUT2D eigenvalue weighted by atomic mass is 9.84. The van der Waals surface area contributed by atoms with E-state index in [0.717, 1.165) is 24.0 Å². The van der Waals surface area contributed by atoms with E-state index in [0.29, 0.717) is 24.4 Å². The van der Waals surface area contributed by atoms with Gasteiger partial charge in [-0.25, -0.2) is 9.86 Å². The summed E-state index contributed by atoms with van der Waals surface area (Å²) in [6.45, 7) is 0.662. The zero-order chi connectivity index (χ0) is 22.2. The molecule has 0 bridgehead atoms. The molecule has 0 saturated heterocycles. The summed E-state index contributed by atoms with van der Waals surface area (Å²) in [4.78, 5) is 32.3. The van der Waals surface area contributed by atoms with Crippen LogP contribution in [0.4, 0.5) is 4.79 Å². The van der Waals surface area contributed by atoms with Gasteiger partial charge in [-0.2, -0.15) is 0 Å². The minimum atomic E-state index is -0.345. The number of halogens is 1. The molecule has 1 aliphatic carbocycles. The third kappa shape index (κ3) is 6.45. The average molecular weight is 445 g/mol. The number of carbonyl (C=O) groups excluding carboxylic acids is 2. The third-order valence-corrected chi connectivity index (χ3v) is 6.03. The second kappa shape index (κ2) is 11.2. The standard InChI is InChI=1S/C24H29ClN2O4/c1-26(30-2)23(28)20-10-14-22(15-11-20)27(16-18-8-12-21(25)13-9-18)24(29)31-17-19-6-4-3-5-7-19/h3-9,12-13,20,22H,10-11,14-17H2,1-2H3/t20-,22+. The zero-order valence-corrected chi connectivity index (χ0v) is 18.8. The number of benzene rings is 2. The van der Waals surface area contributed by atoms with Crippen LogP contribution in [0.5, 0.6) is 0 Å². The van der Waals surface area contributed by atoms with Gasteiger partial charge in [-0.15, -0.1) is 0 Å². The molecule has 1 fully saturated rings. The molecule has 2 aromatic rings. The topological polar surface area (TPSA) is 59.1 Å². The number of hydrogen-bond acceptors (Lipinski definition) is 4. The van der Waals surface area contributed by atoms with Crippen molar-refractivity contribution in [3.8, 4) is 0 Å². The quantitative estimate of drug-likeness (QED) is 0.560. The first kappa shape index (κ1) is 23.1. The molecule has 0 heterocycles. The number of ether oxygens (including phenoxy) is 1. The molecular formula is C24H29ClN2O4. The van der Waals surface area contributed by atoms with Crippen LogP contribution in [0, 0.1) is 5.92 Å². The van der Waals surface area contributed by atoms with Crippen molar-refractivity contribution >= 4 is 23.6 Å². The first-order valence-electron chi connectivity index (χ1n) is 10.5. The van der Waals surface area contributed by atoms with Crippen molar-refractivity contribution in [1.82, 2.24) is 9.96 Å². The summed E-state index contributed by atoms with van der Waals surface area (Å²) in [7, 11) is 3.11. The molecule has 3 rings (SSSR count). The molecule has 166 valence electrons. The largest absolute Gasteiger partial charge is 0.445 e. The van der Waals surface area contributed by atoms with Gasteiger partial charge in [-0.3, -0.25) is 9.63 Å². The Kier molecular flexibility index (Phi) is 8.32. The highest BCUT2D eigenvalue weighted by molar-refractivity contribution is 6.30. The average Bonchev–Trinajstić information content (AvgIpc) is 2.82. The van der Waals surface area contributed by atoms with Crippen LogP contribution in [0.15, 0.2) is 54.6 Å². The van der Waals surface area contributed by atoms with Crippen LogP contribution in [-0.2, 0) is 27.5 Å². The molecule has 0 aromatic heterocycles. The van der Waals surface area contributed by atoms with Crippen LogP contribution < -0.4 is 0 Å². The van der Waals surface area contributed by atoms with Crippen molar-refractivity contribution in [2.24, 2.45) is 5.92 Å². The van der Waals surface area contributed by atoms with E-state index in [4.69, 9.17) is 21.2 Å². The summed E-state index contributed by atoms with van der Waals surface area (Å²) in [5.74, 6) is -0.101. The Morgan fingerprint density at radius 1 is 0.968 bits per heavy atom. The van der Waals surface area contributed by atoms with Crippen LogP contribution in [0.3, 0.4) is 0 Å². The van der Waals surface area contributed by atoms with Crippen molar-refractivity contribution in [2.75, 3.05) is 14.2 Å². The zero-order valence-electron chi connectivity index (χ0n) is 18.0. The minimum Gasteiger partial charge on any atom is -0.445 e. The van der Waals surface area contributed by atoms with E-state index in [9.17, 15) is 9.59 Å². The molecule has 0 aliphatic heterocycles. The predicted octanol–water partition coefficient (Wildman–Crippen LogP) is 5.06. The SMILES string of the molecule is CON(C)C(=O)[C@H]1CC[C@@H](N(Cc2ccc(Cl)cc2)C(=O)OCc2ccccc2)CC1. The summed E-state index contributed by atoms with van der Waals surface area (Å²) < 4.78 is 5.64. The molecule has 2 amide bonds. The molecule has 0 spiro atoms. The summed E-state index contributed by atoms with van der Waals surface area (Å²) in [5.41, 5.74) is 1.93. The van der Waals surface area contributed by atoms with Gasteiger partial charge in [-0.05, 0) is 48.9 Å². The maximum atomic E-state index is 13.0. The van der Waals surface area contributed by atoms with Gasteiger partial charge in [0.2, 0.25) is 5.91 Å². The number of hydroxylamine groups is 2. The fourth-order valence-corrected chi connectivity index (χ4v) is 4.04. The van der Waals surface area contributed by atoms with E-state index in [-0.39, 0.29) is 30.6 Å². The smallest absolute Gasteiger partial charge is 0.410 e. The Morgan fingerprint density at radius 3 is 2.23 bits per heavy atom. The highest BCUT2D eigenvalue weighted by atomic mass is 35.5. The number of rotatable bonds is 7. The van der Waals surface area contributed by atoms with Crippen LogP contribution in [0.1, 0.15) is 36.8 Å². The van der Waals surface area contributed by atoms with Gasteiger partial charge in [0.1, 0.15) is 6.61 Å². The Bertz CT molecular complexity index is 852. The maximum Gasteiger partial charge on any atom is 0.410 e. The number of nitrogens with zero attached hydrogens (tertiary/aromatic N) is 2. The van der Waals surface area contributed by atoms with Gasteiger partial charge in [0.15, 0.2) is 0 Å². The van der Waals surface area contributed by atoms with E-state index >= 15 is 0 Å². The summed E-state index contributed by atoms with van der Waals surface area (Å²) >= 11 is 6.01. The Balaban J connectivity index is 1.67. The van der Waals surface area contributed by atoms with Gasteiger partial charge in [0.05, 0.1) is 7.11 Å². The lowest BCUT2D eigenvalue weighted by Gasteiger charge is -2.36. The summed E-state index contributed by atoms with van der Waals surface area (Å²) in [5, 5.41) is 1.94. The highest BCUT2D eigenvalue weighted by Crippen LogP contribution is 2.30. The Labute approximate surface area is 188 Å². The monoisotopic (exact) mass is 444 g/mol.